The van der Waals surface area contributed by atoms with Crippen molar-refractivity contribution in [1.82, 2.24) is 0 Å². The van der Waals surface area contributed by atoms with Crippen molar-refractivity contribution in [3.63, 3.8) is 0 Å². The summed E-state index contributed by atoms with van der Waals surface area (Å²) in [5.74, 6) is 0.839. The quantitative estimate of drug-likeness (QED) is 0.859. The van der Waals surface area contributed by atoms with Crippen LogP contribution < -0.4 is 4.74 Å². The van der Waals surface area contributed by atoms with E-state index in [1.165, 1.54) is 11.8 Å². The number of carbonyl (C=O) groups is 1. The molecule has 0 saturated carbocycles. The fourth-order valence-electron chi connectivity index (χ4n) is 1.75. The molecule has 4 heteroatoms. The van der Waals surface area contributed by atoms with Crippen molar-refractivity contribution in [2.45, 2.75) is 31.8 Å². The Kier molecular flexibility index (Phi) is 5.54. The molecule has 1 atom stereocenters. The minimum atomic E-state index is -0.749. The van der Waals surface area contributed by atoms with E-state index in [-0.39, 0.29) is 11.2 Å². The average Bonchev–Trinajstić information content (AvgIpc) is 2.28. The Morgan fingerprint density at radius 3 is 2.61 bits per heavy atom. The van der Waals surface area contributed by atoms with E-state index in [2.05, 4.69) is 0 Å². The van der Waals surface area contributed by atoms with Crippen molar-refractivity contribution >= 4 is 17.7 Å². The van der Waals surface area contributed by atoms with Crippen LogP contribution in [-0.2, 0) is 10.5 Å². The Labute approximate surface area is 113 Å². The smallest absolute Gasteiger partial charge is 0.316 e. The number of hydrogen-bond acceptors (Lipinski definition) is 3. The predicted molar refractivity (Wildman–Crippen MR) is 75.3 cm³/mol. The van der Waals surface area contributed by atoms with Gasteiger partial charge in [-0.1, -0.05) is 31.5 Å². The number of carboxylic acids is 1. The number of methoxy groups -OCH3 is 1. The molecule has 0 radical (unpaired) electrons. The summed E-state index contributed by atoms with van der Waals surface area (Å²) < 4.78 is 5.29. The molecule has 1 unspecified atom stereocenters. The van der Waals surface area contributed by atoms with Crippen molar-refractivity contribution in [2.75, 3.05) is 7.11 Å². The molecule has 1 aromatic rings. The number of hydrogen-bond donors (Lipinski definition) is 1. The number of ether oxygens (including phenoxy) is 1. The number of aliphatic carboxylic acids is 1. The molecule has 0 saturated heterocycles. The highest BCUT2D eigenvalue weighted by molar-refractivity contribution is 7.99. The minimum absolute atomic E-state index is 0.114. The molecule has 0 aliphatic rings. The van der Waals surface area contributed by atoms with Gasteiger partial charge in [0, 0.05) is 11.3 Å². The van der Waals surface area contributed by atoms with E-state index < -0.39 is 5.97 Å². The summed E-state index contributed by atoms with van der Waals surface area (Å²) in [7, 11) is 1.63. The lowest BCUT2D eigenvalue weighted by Crippen LogP contribution is -2.22. The van der Waals surface area contributed by atoms with Gasteiger partial charge in [-0.05, 0) is 18.9 Å². The van der Waals surface area contributed by atoms with E-state index in [9.17, 15) is 4.79 Å². The maximum absolute atomic E-state index is 11.1. The first kappa shape index (κ1) is 14.9. The third kappa shape index (κ3) is 3.95. The van der Waals surface area contributed by atoms with Crippen LogP contribution in [0.3, 0.4) is 0 Å². The van der Waals surface area contributed by atoms with Crippen LogP contribution in [-0.4, -0.2) is 23.4 Å². The van der Waals surface area contributed by atoms with E-state index >= 15 is 0 Å². The fraction of sp³-hybridized carbons (Fsp3) is 0.500. The molecule has 1 aromatic carbocycles. The van der Waals surface area contributed by atoms with Crippen LogP contribution in [0, 0.1) is 12.8 Å². The molecule has 0 aliphatic carbocycles. The van der Waals surface area contributed by atoms with Crippen molar-refractivity contribution in [1.29, 1.82) is 0 Å². The standard InChI is InChI=1S/C14H20O3S/c1-9(2)13(14(15)16)18-8-11-7-10(3)5-6-12(11)17-4/h5-7,9,13H,8H2,1-4H3,(H,15,16). The third-order valence-electron chi connectivity index (χ3n) is 2.70. The van der Waals surface area contributed by atoms with Crippen LogP contribution in [0.15, 0.2) is 18.2 Å². The minimum Gasteiger partial charge on any atom is -0.496 e. The third-order valence-corrected chi connectivity index (χ3v) is 4.29. The van der Waals surface area contributed by atoms with Crippen LogP contribution in [0.1, 0.15) is 25.0 Å². The topological polar surface area (TPSA) is 46.5 Å². The molecule has 0 fully saturated rings. The van der Waals surface area contributed by atoms with Crippen LogP contribution in [0.2, 0.25) is 0 Å². The first-order valence-electron chi connectivity index (χ1n) is 5.93. The summed E-state index contributed by atoms with van der Waals surface area (Å²) in [6.45, 7) is 5.88. The van der Waals surface area contributed by atoms with E-state index in [1.807, 2.05) is 39.0 Å². The zero-order chi connectivity index (χ0) is 13.7. The van der Waals surface area contributed by atoms with Gasteiger partial charge in [0.2, 0.25) is 0 Å². The van der Waals surface area contributed by atoms with Gasteiger partial charge in [-0.3, -0.25) is 4.79 Å². The van der Waals surface area contributed by atoms with Gasteiger partial charge in [-0.2, -0.15) is 0 Å². The van der Waals surface area contributed by atoms with Crippen LogP contribution in [0.25, 0.3) is 0 Å². The average molecular weight is 268 g/mol. The lowest BCUT2D eigenvalue weighted by Gasteiger charge is -2.16. The summed E-state index contributed by atoms with van der Waals surface area (Å²) in [4.78, 5) is 11.1. The van der Waals surface area contributed by atoms with Gasteiger partial charge in [0.25, 0.3) is 0 Å². The lowest BCUT2D eigenvalue weighted by atomic mass is 10.1. The van der Waals surface area contributed by atoms with Crippen LogP contribution in [0.5, 0.6) is 5.75 Å². The van der Waals surface area contributed by atoms with Crippen LogP contribution >= 0.6 is 11.8 Å². The molecule has 100 valence electrons. The van der Waals surface area contributed by atoms with Crippen molar-refractivity contribution in [2.24, 2.45) is 5.92 Å². The summed E-state index contributed by atoms with van der Waals surface area (Å²) in [5, 5.41) is 8.77. The molecule has 0 heterocycles. The number of benzene rings is 1. The second kappa shape index (κ2) is 6.69. The molecule has 3 nitrogen and oxygen atoms in total. The number of thioether (sulfide) groups is 1. The first-order chi connectivity index (χ1) is 8.45. The molecule has 1 rings (SSSR count). The Balaban J connectivity index is 2.78. The van der Waals surface area contributed by atoms with Crippen LogP contribution in [0.4, 0.5) is 0 Å². The largest absolute Gasteiger partial charge is 0.496 e. The Morgan fingerprint density at radius 1 is 1.44 bits per heavy atom. The molecule has 0 aliphatic heterocycles. The zero-order valence-electron chi connectivity index (χ0n) is 11.3. The van der Waals surface area contributed by atoms with Gasteiger partial charge >= 0.3 is 5.97 Å². The maximum Gasteiger partial charge on any atom is 0.316 e. The highest BCUT2D eigenvalue weighted by Crippen LogP contribution is 2.29. The highest BCUT2D eigenvalue weighted by Gasteiger charge is 2.22. The summed E-state index contributed by atoms with van der Waals surface area (Å²) in [6.07, 6.45) is 0. The molecule has 0 bridgehead atoms. The summed E-state index contributed by atoms with van der Waals surface area (Å²) in [5.41, 5.74) is 2.21. The zero-order valence-corrected chi connectivity index (χ0v) is 12.1. The predicted octanol–water partition coefficient (Wildman–Crippen LogP) is 3.35. The maximum atomic E-state index is 11.1. The van der Waals surface area contributed by atoms with Gasteiger partial charge in [0.15, 0.2) is 0 Å². The lowest BCUT2D eigenvalue weighted by molar-refractivity contribution is -0.137. The monoisotopic (exact) mass is 268 g/mol. The number of rotatable bonds is 6. The molecule has 0 amide bonds. The SMILES string of the molecule is COc1ccc(C)cc1CSC(C(=O)O)C(C)C. The van der Waals surface area contributed by atoms with Gasteiger partial charge < -0.3 is 9.84 Å². The van der Waals surface area contributed by atoms with Crippen molar-refractivity contribution < 1.29 is 14.6 Å². The summed E-state index contributed by atoms with van der Waals surface area (Å²) >= 11 is 1.45. The highest BCUT2D eigenvalue weighted by atomic mass is 32.2. The van der Waals surface area contributed by atoms with Crippen molar-refractivity contribution in [3.05, 3.63) is 29.3 Å². The first-order valence-corrected chi connectivity index (χ1v) is 6.98. The van der Waals surface area contributed by atoms with E-state index in [1.54, 1.807) is 7.11 Å². The fourth-order valence-corrected chi connectivity index (χ4v) is 2.86. The van der Waals surface area contributed by atoms with E-state index in [0.29, 0.717) is 5.75 Å². The van der Waals surface area contributed by atoms with Gasteiger partial charge in [-0.15, -0.1) is 11.8 Å². The molecule has 1 N–H and O–H groups in total. The van der Waals surface area contributed by atoms with Gasteiger partial charge in [-0.25, -0.2) is 0 Å². The van der Waals surface area contributed by atoms with Gasteiger partial charge in [0.1, 0.15) is 11.0 Å². The Hall–Kier alpha value is -1.16. The normalized spacial score (nSPS) is 12.5. The van der Waals surface area contributed by atoms with Crippen molar-refractivity contribution in [3.8, 4) is 5.75 Å². The number of aryl methyl sites for hydroxylation is 1. The Bertz CT molecular complexity index is 416. The second-order valence-corrected chi connectivity index (χ2v) is 5.76. The summed E-state index contributed by atoms with van der Waals surface area (Å²) in [6, 6.07) is 5.96. The number of carboxylic acid groups (broad SMARTS) is 1. The molecule has 18 heavy (non-hydrogen) atoms. The molecule has 0 spiro atoms. The molecular weight excluding hydrogens is 248 g/mol. The van der Waals surface area contributed by atoms with E-state index in [0.717, 1.165) is 16.9 Å². The molecular formula is C14H20O3S. The second-order valence-electron chi connectivity index (χ2n) is 4.63. The van der Waals surface area contributed by atoms with Gasteiger partial charge in [0.05, 0.1) is 7.11 Å². The van der Waals surface area contributed by atoms with E-state index in [4.69, 9.17) is 9.84 Å². The molecule has 0 aromatic heterocycles. The Morgan fingerprint density at radius 2 is 2.11 bits per heavy atom.